The van der Waals surface area contributed by atoms with Crippen LogP contribution in [-0.2, 0) is 20.8 Å². The second-order valence-electron chi connectivity index (χ2n) is 5.80. The molecular weight excluding hydrogens is 266 g/mol. The topological polar surface area (TPSA) is 38.8 Å². The summed E-state index contributed by atoms with van der Waals surface area (Å²) in [6.07, 6.45) is 4.38. The van der Waals surface area contributed by atoms with E-state index in [2.05, 4.69) is 12.1 Å². The number of hydrogen-bond donors (Lipinski definition) is 0. The summed E-state index contributed by atoms with van der Waals surface area (Å²) in [6.45, 7) is 2.31. The van der Waals surface area contributed by atoms with Crippen LogP contribution in [0.1, 0.15) is 37.7 Å². The number of benzene rings is 1. The number of rotatable bonds is 5. The molecule has 2 aliphatic rings. The Morgan fingerprint density at radius 2 is 1.86 bits per heavy atom. The van der Waals surface area contributed by atoms with E-state index in [9.17, 15) is 4.79 Å². The van der Waals surface area contributed by atoms with Gasteiger partial charge in [0.15, 0.2) is 6.29 Å². The van der Waals surface area contributed by atoms with Crippen LogP contribution in [0.15, 0.2) is 30.3 Å². The number of hydrogen-bond acceptors (Lipinski definition) is 3. The van der Waals surface area contributed by atoms with Crippen LogP contribution in [-0.4, -0.2) is 36.4 Å². The molecule has 21 heavy (non-hydrogen) atoms. The van der Waals surface area contributed by atoms with E-state index in [4.69, 9.17) is 9.47 Å². The molecule has 0 aromatic heterocycles. The fraction of sp³-hybridized carbons (Fsp3) is 0.588. The lowest BCUT2D eigenvalue weighted by atomic mass is 10.1. The highest BCUT2D eigenvalue weighted by Crippen LogP contribution is 2.26. The lowest BCUT2D eigenvalue weighted by molar-refractivity contribution is -0.182. The van der Waals surface area contributed by atoms with Gasteiger partial charge in [-0.2, -0.15) is 0 Å². The van der Waals surface area contributed by atoms with E-state index in [1.165, 1.54) is 5.56 Å². The van der Waals surface area contributed by atoms with Crippen molar-refractivity contribution in [2.75, 3.05) is 13.2 Å². The van der Waals surface area contributed by atoms with Crippen molar-refractivity contribution in [2.45, 2.75) is 51.0 Å². The Bertz CT molecular complexity index is 456. The smallest absolute Gasteiger partial charge is 0.223 e. The van der Waals surface area contributed by atoms with Crippen LogP contribution < -0.4 is 0 Å². The van der Waals surface area contributed by atoms with Crippen LogP contribution in [0, 0.1) is 0 Å². The third kappa shape index (κ3) is 3.83. The molecule has 4 heteroatoms. The van der Waals surface area contributed by atoms with E-state index in [1.54, 1.807) is 0 Å². The molecule has 4 nitrogen and oxygen atoms in total. The molecule has 2 aliphatic heterocycles. The number of carbonyl (C=O) groups excluding carboxylic acids is 1. The van der Waals surface area contributed by atoms with Crippen LogP contribution in [0.25, 0.3) is 0 Å². The Balaban J connectivity index is 1.54. The van der Waals surface area contributed by atoms with Gasteiger partial charge < -0.3 is 14.4 Å². The summed E-state index contributed by atoms with van der Waals surface area (Å²) < 4.78 is 11.2. The normalized spacial score (nSPS) is 23.7. The van der Waals surface area contributed by atoms with E-state index in [1.807, 2.05) is 23.1 Å². The molecule has 0 spiro atoms. The van der Waals surface area contributed by atoms with Crippen molar-refractivity contribution in [2.24, 2.45) is 0 Å². The van der Waals surface area contributed by atoms with Gasteiger partial charge >= 0.3 is 0 Å². The first-order valence-corrected chi connectivity index (χ1v) is 7.89. The van der Waals surface area contributed by atoms with Crippen molar-refractivity contribution in [1.29, 1.82) is 0 Å². The third-order valence-electron chi connectivity index (χ3n) is 4.28. The average molecular weight is 289 g/mol. The highest BCUT2D eigenvalue weighted by Gasteiger charge is 2.31. The molecule has 0 aliphatic carbocycles. The van der Waals surface area contributed by atoms with Crippen LogP contribution >= 0.6 is 0 Å². The first-order valence-electron chi connectivity index (χ1n) is 7.89. The summed E-state index contributed by atoms with van der Waals surface area (Å²) in [5.41, 5.74) is 1.20. The van der Waals surface area contributed by atoms with E-state index in [0.717, 1.165) is 45.4 Å². The number of likely N-dealkylation sites (tertiary alicyclic amines) is 1. The SMILES string of the molecule is O=C1CCC(CCC2OCCCO2)N1Cc1ccccc1. The highest BCUT2D eigenvalue weighted by atomic mass is 16.7. The van der Waals surface area contributed by atoms with Crippen LogP contribution in [0.3, 0.4) is 0 Å². The molecule has 2 heterocycles. The predicted molar refractivity (Wildman–Crippen MR) is 79.6 cm³/mol. The summed E-state index contributed by atoms with van der Waals surface area (Å²) in [5.74, 6) is 0.273. The molecule has 0 radical (unpaired) electrons. The lowest BCUT2D eigenvalue weighted by Crippen LogP contribution is -2.34. The molecule has 0 N–H and O–H groups in total. The van der Waals surface area contributed by atoms with Gasteiger partial charge in [0.2, 0.25) is 5.91 Å². The number of amides is 1. The summed E-state index contributed by atoms with van der Waals surface area (Å²) in [4.78, 5) is 14.1. The maximum absolute atomic E-state index is 12.1. The van der Waals surface area contributed by atoms with Gasteiger partial charge in [-0.15, -0.1) is 0 Å². The third-order valence-corrected chi connectivity index (χ3v) is 4.28. The second-order valence-corrected chi connectivity index (χ2v) is 5.80. The van der Waals surface area contributed by atoms with Gasteiger partial charge in [-0.1, -0.05) is 30.3 Å². The standard InChI is InChI=1S/C17H23NO3/c19-16-9-7-15(8-10-17-20-11-4-12-21-17)18(16)13-14-5-2-1-3-6-14/h1-3,5-6,15,17H,4,7-13H2. The van der Waals surface area contributed by atoms with Gasteiger partial charge in [0.05, 0.1) is 13.2 Å². The summed E-state index contributed by atoms with van der Waals surface area (Å²) in [7, 11) is 0. The zero-order valence-electron chi connectivity index (χ0n) is 12.4. The lowest BCUT2D eigenvalue weighted by Gasteiger charge is -2.28. The minimum Gasteiger partial charge on any atom is -0.353 e. The zero-order chi connectivity index (χ0) is 14.5. The Labute approximate surface area is 126 Å². The van der Waals surface area contributed by atoms with E-state index >= 15 is 0 Å². The Morgan fingerprint density at radius 1 is 1.10 bits per heavy atom. The Hall–Kier alpha value is -1.39. The van der Waals surface area contributed by atoms with Crippen molar-refractivity contribution < 1.29 is 14.3 Å². The fourth-order valence-electron chi connectivity index (χ4n) is 3.12. The maximum atomic E-state index is 12.1. The summed E-state index contributed by atoms with van der Waals surface area (Å²) >= 11 is 0. The molecule has 3 rings (SSSR count). The van der Waals surface area contributed by atoms with Crippen molar-refractivity contribution in [1.82, 2.24) is 4.90 Å². The van der Waals surface area contributed by atoms with E-state index in [-0.39, 0.29) is 12.2 Å². The van der Waals surface area contributed by atoms with Crippen LogP contribution in [0.2, 0.25) is 0 Å². The molecule has 1 amide bonds. The van der Waals surface area contributed by atoms with Gasteiger partial charge in [0.1, 0.15) is 0 Å². The minimum absolute atomic E-state index is 0.0759. The van der Waals surface area contributed by atoms with E-state index < -0.39 is 0 Å². The number of carbonyl (C=O) groups is 1. The zero-order valence-corrected chi connectivity index (χ0v) is 12.4. The maximum Gasteiger partial charge on any atom is 0.223 e. The molecular formula is C17H23NO3. The summed E-state index contributed by atoms with van der Waals surface area (Å²) in [6, 6.07) is 10.5. The second kappa shape index (κ2) is 7.05. The monoisotopic (exact) mass is 289 g/mol. The Morgan fingerprint density at radius 3 is 2.62 bits per heavy atom. The molecule has 2 fully saturated rings. The summed E-state index contributed by atoms with van der Waals surface area (Å²) in [5, 5.41) is 0. The highest BCUT2D eigenvalue weighted by molar-refractivity contribution is 5.78. The van der Waals surface area contributed by atoms with Crippen molar-refractivity contribution in [3.63, 3.8) is 0 Å². The van der Waals surface area contributed by atoms with E-state index in [0.29, 0.717) is 12.5 Å². The molecule has 1 aromatic carbocycles. The molecule has 2 saturated heterocycles. The van der Waals surface area contributed by atoms with Gasteiger partial charge in [-0.05, 0) is 24.8 Å². The van der Waals surface area contributed by atoms with Crippen molar-refractivity contribution in [3.05, 3.63) is 35.9 Å². The van der Waals surface area contributed by atoms with Gasteiger partial charge in [-0.3, -0.25) is 4.79 Å². The number of ether oxygens (including phenoxy) is 2. The molecule has 0 saturated carbocycles. The molecule has 114 valence electrons. The van der Waals surface area contributed by atoms with Crippen molar-refractivity contribution in [3.8, 4) is 0 Å². The van der Waals surface area contributed by atoms with Crippen LogP contribution in [0.5, 0.6) is 0 Å². The number of nitrogens with zero attached hydrogens (tertiary/aromatic N) is 1. The van der Waals surface area contributed by atoms with Crippen LogP contribution in [0.4, 0.5) is 0 Å². The largest absolute Gasteiger partial charge is 0.353 e. The average Bonchev–Trinajstić information content (AvgIpc) is 2.88. The molecule has 1 aromatic rings. The van der Waals surface area contributed by atoms with Gasteiger partial charge in [0.25, 0.3) is 0 Å². The first-order chi connectivity index (χ1) is 10.3. The van der Waals surface area contributed by atoms with Gasteiger partial charge in [-0.25, -0.2) is 0 Å². The molecule has 0 bridgehead atoms. The Kier molecular flexibility index (Phi) is 4.88. The quantitative estimate of drug-likeness (QED) is 0.836. The van der Waals surface area contributed by atoms with Crippen molar-refractivity contribution >= 4 is 5.91 Å². The molecule has 1 unspecified atom stereocenters. The first kappa shape index (κ1) is 14.5. The van der Waals surface area contributed by atoms with Gasteiger partial charge in [0, 0.05) is 25.4 Å². The molecule has 1 atom stereocenters. The fourth-order valence-corrected chi connectivity index (χ4v) is 3.12. The minimum atomic E-state index is -0.0759. The predicted octanol–water partition coefficient (Wildman–Crippen LogP) is 2.72.